The van der Waals surface area contributed by atoms with E-state index in [-0.39, 0.29) is 18.9 Å². The third-order valence-electron chi connectivity index (χ3n) is 3.93. The van der Waals surface area contributed by atoms with Crippen molar-refractivity contribution in [2.75, 3.05) is 26.7 Å². The highest BCUT2D eigenvalue weighted by Gasteiger charge is 2.48. The van der Waals surface area contributed by atoms with Gasteiger partial charge in [-0.25, -0.2) is 8.78 Å². The average Bonchev–Trinajstić information content (AvgIpc) is 2.21. The summed E-state index contributed by atoms with van der Waals surface area (Å²) in [7, 11) is 1.37. The molecule has 1 saturated heterocycles. The van der Waals surface area contributed by atoms with Crippen molar-refractivity contribution in [3.8, 4) is 0 Å². The minimum atomic E-state index is -2.60. The molecule has 1 aliphatic carbocycles. The second-order valence-electron chi connectivity index (χ2n) is 5.30. The molecule has 0 atom stereocenters. The van der Waals surface area contributed by atoms with Gasteiger partial charge in [0.2, 0.25) is 0 Å². The van der Waals surface area contributed by atoms with E-state index >= 15 is 0 Å². The van der Waals surface area contributed by atoms with Crippen LogP contribution in [0.2, 0.25) is 0 Å². The number of hydrogen-bond donors (Lipinski definition) is 0. The fraction of sp³-hybridized carbons (Fsp3) is 0.917. The molecule has 0 aromatic heterocycles. The molecule has 2 rings (SSSR count). The summed E-state index contributed by atoms with van der Waals surface area (Å²) in [4.78, 5) is 13.4. The smallest absolute Gasteiger partial charge is 0.313 e. The maximum Gasteiger partial charge on any atom is 0.313 e. The van der Waals surface area contributed by atoms with Crippen molar-refractivity contribution in [1.29, 1.82) is 0 Å². The van der Waals surface area contributed by atoms with Gasteiger partial charge in [-0.05, 0) is 25.8 Å². The molecule has 0 aromatic carbocycles. The summed E-state index contributed by atoms with van der Waals surface area (Å²) in [6.45, 7) is 0.870. The molecule has 0 N–H and O–H groups in total. The van der Waals surface area contributed by atoms with Crippen LogP contribution < -0.4 is 0 Å². The van der Waals surface area contributed by atoms with E-state index in [0.717, 1.165) is 19.3 Å². The van der Waals surface area contributed by atoms with Crippen molar-refractivity contribution in [1.82, 2.24) is 4.90 Å². The van der Waals surface area contributed by atoms with Crippen LogP contribution >= 0.6 is 0 Å². The third kappa shape index (κ3) is 2.59. The Hall–Kier alpha value is -0.710. The highest BCUT2D eigenvalue weighted by Crippen LogP contribution is 2.43. The molecule has 0 unspecified atom stereocenters. The summed E-state index contributed by atoms with van der Waals surface area (Å²) in [6, 6.07) is 0. The van der Waals surface area contributed by atoms with Gasteiger partial charge in [-0.3, -0.25) is 9.69 Å². The first-order valence-electron chi connectivity index (χ1n) is 6.16. The van der Waals surface area contributed by atoms with E-state index in [1.807, 2.05) is 0 Å². The first-order valence-corrected chi connectivity index (χ1v) is 6.16. The third-order valence-corrected chi connectivity index (χ3v) is 3.93. The van der Waals surface area contributed by atoms with Crippen LogP contribution in [0.1, 0.15) is 32.1 Å². The summed E-state index contributed by atoms with van der Waals surface area (Å²) in [5.74, 6) is -2.84. The standard InChI is InChI=1S/C12H19F2NO2/c1-17-10(16)11(4-2-5-11)8-15-7-3-6-12(13,14)9-15/h2-9H2,1H3. The van der Waals surface area contributed by atoms with E-state index in [0.29, 0.717) is 19.5 Å². The van der Waals surface area contributed by atoms with Crippen LogP contribution in [-0.4, -0.2) is 43.5 Å². The second-order valence-corrected chi connectivity index (χ2v) is 5.30. The molecule has 2 fully saturated rings. The molecule has 0 spiro atoms. The molecule has 17 heavy (non-hydrogen) atoms. The number of esters is 1. The molecule has 0 amide bonds. The second kappa shape index (κ2) is 4.52. The molecule has 5 heteroatoms. The van der Waals surface area contributed by atoms with Crippen molar-refractivity contribution in [2.24, 2.45) is 5.41 Å². The summed E-state index contributed by atoms with van der Waals surface area (Å²) >= 11 is 0. The zero-order chi connectivity index (χ0) is 12.5. The Balaban J connectivity index is 1.97. The molecule has 3 nitrogen and oxygen atoms in total. The number of carbonyl (C=O) groups is 1. The summed E-state index contributed by atoms with van der Waals surface area (Å²) in [6.07, 6.45) is 2.99. The number of ether oxygens (including phenoxy) is 1. The van der Waals surface area contributed by atoms with Crippen LogP contribution in [0.4, 0.5) is 8.78 Å². The Morgan fingerprint density at radius 2 is 2.00 bits per heavy atom. The first kappa shape index (κ1) is 12.7. The molecule has 98 valence electrons. The van der Waals surface area contributed by atoms with Crippen LogP contribution in [0.25, 0.3) is 0 Å². The van der Waals surface area contributed by atoms with E-state index in [1.165, 1.54) is 7.11 Å². The molecule has 0 bridgehead atoms. The zero-order valence-corrected chi connectivity index (χ0v) is 10.2. The van der Waals surface area contributed by atoms with E-state index < -0.39 is 11.3 Å². The molecule has 0 radical (unpaired) electrons. The lowest BCUT2D eigenvalue weighted by Gasteiger charge is -2.44. The Kier molecular flexibility index (Phi) is 3.39. The van der Waals surface area contributed by atoms with Crippen LogP contribution in [0.5, 0.6) is 0 Å². The fourth-order valence-corrected chi connectivity index (χ4v) is 2.86. The molecule has 1 saturated carbocycles. The lowest BCUT2D eigenvalue weighted by atomic mass is 9.68. The highest BCUT2D eigenvalue weighted by atomic mass is 19.3. The molecular formula is C12H19F2NO2. The number of carbonyl (C=O) groups excluding carboxylic acids is 1. The number of hydrogen-bond acceptors (Lipinski definition) is 3. The van der Waals surface area contributed by atoms with Gasteiger partial charge in [0.15, 0.2) is 0 Å². The van der Waals surface area contributed by atoms with E-state index in [2.05, 4.69) is 0 Å². The number of rotatable bonds is 3. The Bertz CT molecular complexity index is 303. The predicted molar refractivity (Wildman–Crippen MR) is 58.9 cm³/mol. The minimum Gasteiger partial charge on any atom is -0.469 e. The molecule has 1 aliphatic heterocycles. The number of halogens is 2. The predicted octanol–water partition coefficient (Wildman–Crippen LogP) is 2.06. The maximum absolute atomic E-state index is 13.3. The van der Waals surface area contributed by atoms with E-state index in [4.69, 9.17) is 4.74 Å². The van der Waals surface area contributed by atoms with E-state index in [9.17, 15) is 13.6 Å². The van der Waals surface area contributed by atoms with Gasteiger partial charge < -0.3 is 4.74 Å². The normalized spacial score (nSPS) is 27.2. The highest BCUT2D eigenvalue weighted by molar-refractivity contribution is 5.78. The number of likely N-dealkylation sites (tertiary alicyclic amines) is 1. The Morgan fingerprint density at radius 1 is 1.29 bits per heavy atom. The molecule has 0 aromatic rings. The largest absolute Gasteiger partial charge is 0.469 e. The van der Waals surface area contributed by atoms with Gasteiger partial charge in [0.05, 0.1) is 19.1 Å². The minimum absolute atomic E-state index is 0.0330. The number of piperidine rings is 1. The maximum atomic E-state index is 13.3. The summed E-state index contributed by atoms with van der Waals surface area (Å²) in [5, 5.41) is 0. The van der Waals surface area contributed by atoms with Gasteiger partial charge >= 0.3 is 5.97 Å². The Morgan fingerprint density at radius 3 is 2.47 bits per heavy atom. The molecular weight excluding hydrogens is 228 g/mol. The number of nitrogens with zero attached hydrogens (tertiary/aromatic N) is 1. The van der Waals surface area contributed by atoms with Crippen LogP contribution in [0, 0.1) is 5.41 Å². The van der Waals surface area contributed by atoms with Crippen molar-refractivity contribution in [3.63, 3.8) is 0 Å². The topological polar surface area (TPSA) is 29.5 Å². The summed E-state index contributed by atoms with van der Waals surface area (Å²) < 4.78 is 31.4. The first-order chi connectivity index (χ1) is 7.97. The zero-order valence-electron chi connectivity index (χ0n) is 10.2. The van der Waals surface area contributed by atoms with Gasteiger partial charge in [-0.15, -0.1) is 0 Å². The lowest BCUT2D eigenvalue weighted by Crippen LogP contribution is -2.52. The average molecular weight is 247 g/mol. The number of methoxy groups -OCH3 is 1. The lowest BCUT2D eigenvalue weighted by molar-refractivity contribution is -0.162. The van der Waals surface area contributed by atoms with Crippen molar-refractivity contribution in [2.45, 2.75) is 38.0 Å². The summed E-state index contributed by atoms with van der Waals surface area (Å²) in [5.41, 5.74) is -0.512. The fourth-order valence-electron chi connectivity index (χ4n) is 2.86. The van der Waals surface area contributed by atoms with Crippen molar-refractivity contribution < 1.29 is 18.3 Å². The quantitative estimate of drug-likeness (QED) is 0.715. The van der Waals surface area contributed by atoms with Gasteiger partial charge in [0.25, 0.3) is 5.92 Å². The SMILES string of the molecule is COC(=O)C1(CN2CCCC(F)(F)C2)CCC1. The van der Waals surface area contributed by atoms with Crippen LogP contribution in [-0.2, 0) is 9.53 Å². The van der Waals surface area contributed by atoms with Gasteiger partial charge in [-0.1, -0.05) is 6.42 Å². The van der Waals surface area contributed by atoms with Gasteiger partial charge in [0, 0.05) is 13.0 Å². The van der Waals surface area contributed by atoms with Crippen molar-refractivity contribution >= 4 is 5.97 Å². The molecule has 2 aliphatic rings. The van der Waals surface area contributed by atoms with E-state index in [1.54, 1.807) is 4.90 Å². The van der Waals surface area contributed by atoms with Gasteiger partial charge in [0.1, 0.15) is 0 Å². The van der Waals surface area contributed by atoms with Crippen LogP contribution in [0.3, 0.4) is 0 Å². The monoisotopic (exact) mass is 247 g/mol. The Labute approximate surface area is 100 Å². The van der Waals surface area contributed by atoms with Gasteiger partial charge in [-0.2, -0.15) is 0 Å². The molecule has 1 heterocycles. The van der Waals surface area contributed by atoms with Crippen molar-refractivity contribution in [3.05, 3.63) is 0 Å². The number of alkyl halides is 2. The van der Waals surface area contributed by atoms with Crippen LogP contribution in [0.15, 0.2) is 0 Å².